The minimum absolute atomic E-state index is 0.0686. The summed E-state index contributed by atoms with van der Waals surface area (Å²) in [4.78, 5) is 23.2. The van der Waals surface area contributed by atoms with Gasteiger partial charge in [0.25, 0.3) is 5.91 Å². The molecule has 0 radical (unpaired) electrons. The minimum Gasteiger partial charge on any atom is -0.449 e. The van der Waals surface area contributed by atoms with Crippen molar-refractivity contribution < 1.29 is 18.7 Å². The Hall–Kier alpha value is -1.62. The van der Waals surface area contributed by atoms with E-state index in [9.17, 15) is 14.0 Å². The predicted molar refractivity (Wildman–Crippen MR) is 69.6 cm³/mol. The molecule has 1 aromatic carbocycles. The summed E-state index contributed by atoms with van der Waals surface area (Å²) >= 11 is 5.58. The lowest BCUT2D eigenvalue weighted by Crippen LogP contribution is -2.39. The zero-order valence-electron chi connectivity index (χ0n) is 10.9. The second-order valence-electron chi connectivity index (χ2n) is 4.33. The molecule has 0 fully saturated rings. The highest BCUT2D eigenvalue weighted by Crippen LogP contribution is 2.16. The maximum atomic E-state index is 13.5. The van der Waals surface area contributed by atoms with Crippen molar-refractivity contribution in [2.24, 2.45) is 0 Å². The van der Waals surface area contributed by atoms with Gasteiger partial charge in [0, 0.05) is 11.1 Å². The molecule has 1 atom stereocenters. The van der Waals surface area contributed by atoms with E-state index in [1.807, 2.05) is 0 Å². The molecule has 0 saturated carbocycles. The number of ether oxygens (including phenoxy) is 1. The number of hydrogen-bond donors (Lipinski definition) is 1. The number of amides is 1. The van der Waals surface area contributed by atoms with Crippen LogP contribution in [0, 0.1) is 5.82 Å². The van der Waals surface area contributed by atoms with Gasteiger partial charge in [-0.1, -0.05) is 11.6 Å². The van der Waals surface area contributed by atoms with Crippen molar-refractivity contribution in [3.8, 4) is 0 Å². The lowest BCUT2D eigenvalue weighted by Gasteiger charge is -2.15. The maximum absolute atomic E-state index is 13.5. The first-order valence-electron chi connectivity index (χ1n) is 5.77. The highest BCUT2D eigenvalue weighted by molar-refractivity contribution is 6.30. The average molecular weight is 288 g/mol. The molecule has 0 unspecified atom stereocenters. The van der Waals surface area contributed by atoms with E-state index >= 15 is 0 Å². The van der Waals surface area contributed by atoms with Gasteiger partial charge in [0.15, 0.2) is 6.10 Å². The Morgan fingerprint density at radius 2 is 1.95 bits per heavy atom. The fourth-order valence-electron chi connectivity index (χ4n) is 1.33. The van der Waals surface area contributed by atoms with Crippen LogP contribution < -0.4 is 5.32 Å². The van der Waals surface area contributed by atoms with Crippen molar-refractivity contribution in [3.63, 3.8) is 0 Å². The van der Waals surface area contributed by atoms with Gasteiger partial charge in [0.1, 0.15) is 5.82 Å². The van der Waals surface area contributed by atoms with Crippen molar-refractivity contribution in [1.29, 1.82) is 0 Å². The molecule has 1 N–H and O–H groups in total. The molecule has 0 aliphatic rings. The van der Waals surface area contributed by atoms with Gasteiger partial charge in [-0.3, -0.25) is 4.79 Å². The molecule has 6 heteroatoms. The largest absolute Gasteiger partial charge is 0.449 e. The number of rotatable bonds is 4. The molecule has 19 heavy (non-hydrogen) atoms. The van der Waals surface area contributed by atoms with E-state index in [-0.39, 0.29) is 16.6 Å². The van der Waals surface area contributed by atoms with Crippen LogP contribution in [0.1, 0.15) is 31.1 Å². The number of carbonyl (C=O) groups is 2. The Balaban J connectivity index is 2.71. The van der Waals surface area contributed by atoms with Crippen LogP contribution in [0.5, 0.6) is 0 Å². The Morgan fingerprint density at radius 1 is 1.32 bits per heavy atom. The number of benzene rings is 1. The molecular weight excluding hydrogens is 273 g/mol. The Bertz CT molecular complexity index is 491. The molecule has 0 bridgehead atoms. The molecule has 0 aromatic heterocycles. The van der Waals surface area contributed by atoms with Crippen molar-refractivity contribution in [1.82, 2.24) is 5.32 Å². The van der Waals surface area contributed by atoms with Crippen LogP contribution in [0.3, 0.4) is 0 Å². The standard InChI is InChI=1S/C13H15ClFNO3/c1-7(2)16-12(17)8(3)19-13(18)10-5-4-9(14)6-11(10)15/h4-8H,1-3H3,(H,16,17)/t8-/m1/s1. The van der Waals surface area contributed by atoms with Crippen molar-refractivity contribution in [2.75, 3.05) is 0 Å². The zero-order chi connectivity index (χ0) is 14.6. The Kier molecular flexibility index (Phi) is 5.30. The monoisotopic (exact) mass is 287 g/mol. The summed E-state index contributed by atoms with van der Waals surface area (Å²) in [6.07, 6.45) is -0.995. The fourth-order valence-corrected chi connectivity index (χ4v) is 1.49. The molecule has 1 rings (SSSR count). The predicted octanol–water partition coefficient (Wildman–Crippen LogP) is 2.55. The summed E-state index contributed by atoms with van der Waals surface area (Å²) in [6.45, 7) is 4.99. The number of nitrogens with one attached hydrogen (secondary N) is 1. The quantitative estimate of drug-likeness (QED) is 0.866. The second kappa shape index (κ2) is 6.52. The van der Waals surface area contributed by atoms with E-state index in [0.29, 0.717) is 0 Å². The molecular formula is C13H15ClFNO3. The van der Waals surface area contributed by atoms with Crippen molar-refractivity contribution in [3.05, 3.63) is 34.6 Å². The van der Waals surface area contributed by atoms with E-state index in [2.05, 4.69) is 5.32 Å². The van der Waals surface area contributed by atoms with Crippen LogP contribution in [-0.4, -0.2) is 24.0 Å². The first kappa shape index (κ1) is 15.4. The highest BCUT2D eigenvalue weighted by atomic mass is 35.5. The molecule has 0 spiro atoms. The van der Waals surface area contributed by atoms with E-state index in [0.717, 1.165) is 6.07 Å². The van der Waals surface area contributed by atoms with Gasteiger partial charge in [0.05, 0.1) is 5.56 Å². The second-order valence-corrected chi connectivity index (χ2v) is 4.77. The van der Waals surface area contributed by atoms with Gasteiger partial charge < -0.3 is 10.1 Å². The van der Waals surface area contributed by atoms with Crippen LogP contribution in [0.4, 0.5) is 4.39 Å². The first-order chi connectivity index (χ1) is 8.81. The lowest BCUT2D eigenvalue weighted by atomic mass is 10.2. The average Bonchev–Trinajstić information content (AvgIpc) is 2.27. The normalized spacial score (nSPS) is 12.1. The Morgan fingerprint density at radius 3 is 2.47 bits per heavy atom. The van der Waals surface area contributed by atoms with Crippen LogP contribution in [-0.2, 0) is 9.53 Å². The third-order valence-electron chi connectivity index (χ3n) is 2.24. The van der Waals surface area contributed by atoms with Gasteiger partial charge in [-0.05, 0) is 39.0 Å². The minimum atomic E-state index is -0.995. The van der Waals surface area contributed by atoms with Crippen molar-refractivity contribution in [2.45, 2.75) is 32.9 Å². The summed E-state index contributed by atoms with van der Waals surface area (Å²) in [5.74, 6) is -2.12. The van der Waals surface area contributed by atoms with Crippen LogP contribution in [0.15, 0.2) is 18.2 Å². The van der Waals surface area contributed by atoms with Gasteiger partial charge in [-0.2, -0.15) is 0 Å². The SMILES string of the molecule is CC(C)NC(=O)[C@@H](C)OC(=O)c1ccc(Cl)cc1F. The van der Waals surface area contributed by atoms with Crippen LogP contribution in [0.25, 0.3) is 0 Å². The van der Waals surface area contributed by atoms with Gasteiger partial charge in [0.2, 0.25) is 0 Å². The zero-order valence-corrected chi connectivity index (χ0v) is 11.6. The highest BCUT2D eigenvalue weighted by Gasteiger charge is 2.21. The van der Waals surface area contributed by atoms with Gasteiger partial charge in [-0.15, -0.1) is 0 Å². The molecule has 1 aromatic rings. The maximum Gasteiger partial charge on any atom is 0.341 e. The van der Waals surface area contributed by atoms with Crippen LogP contribution in [0.2, 0.25) is 5.02 Å². The van der Waals surface area contributed by atoms with Gasteiger partial charge in [-0.25, -0.2) is 9.18 Å². The number of carbonyl (C=O) groups excluding carboxylic acids is 2. The topological polar surface area (TPSA) is 55.4 Å². The fraction of sp³-hybridized carbons (Fsp3) is 0.385. The van der Waals surface area contributed by atoms with E-state index in [1.165, 1.54) is 19.1 Å². The lowest BCUT2D eigenvalue weighted by molar-refractivity contribution is -0.129. The Labute approximate surface area is 115 Å². The number of halogens is 2. The molecule has 0 aliphatic heterocycles. The smallest absolute Gasteiger partial charge is 0.341 e. The van der Waals surface area contributed by atoms with E-state index in [4.69, 9.17) is 16.3 Å². The third kappa shape index (κ3) is 4.52. The number of hydrogen-bond acceptors (Lipinski definition) is 3. The summed E-state index contributed by atoms with van der Waals surface area (Å²) < 4.78 is 18.4. The summed E-state index contributed by atoms with van der Waals surface area (Å²) in [7, 11) is 0. The molecule has 4 nitrogen and oxygen atoms in total. The van der Waals surface area contributed by atoms with Gasteiger partial charge >= 0.3 is 5.97 Å². The number of esters is 1. The first-order valence-corrected chi connectivity index (χ1v) is 6.15. The van der Waals surface area contributed by atoms with Crippen molar-refractivity contribution >= 4 is 23.5 Å². The molecule has 104 valence electrons. The summed E-state index contributed by atoms with van der Waals surface area (Å²) in [5.41, 5.74) is -0.256. The summed E-state index contributed by atoms with van der Waals surface area (Å²) in [5, 5.41) is 2.77. The molecule has 1 amide bonds. The van der Waals surface area contributed by atoms with Crippen LogP contribution >= 0.6 is 11.6 Å². The third-order valence-corrected chi connectivity index (χ3v) is 2.47. The summed E-state index contributed by atoms with van der Waals surface area (Å²) in [6, 6.07) is 3.53. The molecule has 0 heterocycles. The molecule has 0 aliphatic carbocycles. The van der Waals surface area contributed by atoms with E-state index in [1.54, 1.807) is 13.8 Å². The van der Waals surface area contributed by atoms with E-state index < -0.39 is 23.8 Å². The molecule has 0 saturated heterocycles.